The van der Waals surface area contributed by atoms with Gasteiger partial charge in [0.15, 0.2) is 0 Å². The number of benzene rings is 1. The Labute approximate surface area is 137 Å². The van der Waals surface area contributed by atoms with Crippen LogP contribution < -0.4 is 10.2 Å². The Kier molecular flexibility index (Phi) is 4.60. The molecule has 3 rings (SSSR count). The fourth-order valence-electron chi connectivity index (χ4n) is 4.07. The molecule has 1 saturated heterocycles. The molecule has 1 spiro atoms. The predicted molar refractivity (Wildman–Crippen MR) is 94.1 cm³/mol. The number of piperazine rings is 1. The van der Waals surface area contributed by atoms with E-state index in [1.54, 1.807) is 0 Å². The topological polar surface area (TPSA) is 15.3 Å². The molecule has 1 N–H and O–H groups in total. The van der Waals surface area contributed by atoms with Gasteiger partial charge in [0, 0.05) is 34.8 Å². The number of hydrogen-bond acceptors (Lipinski definition) is 2. The van der Waals surface area contributed by atoms with E-state index in [1.807, 2.05) is 0 Å². The van der Waals surface area contributed by atoms with Crippen LogP contribution in [0.15, 0.2) is 22.7 Å². The smallest absolute Gasteiger partial charge is 0.0413 e. The molecule has 1 saturated carbocycles. The van der Waals surface area contributed by atoms with Gasteiger partial charge in [-0.05, 0) is 43.9 Å². The van der Waals surface area contributed by atoms with Crippen LogP contribution in [0.3, 0.4) is 0 Å². The van der Waals surface area contributed by atoms with Gasteiger partial charge < -0.3 is 10.2 Å². The first kappa shape index (κ1) is 15.4. The van der Waals surface area contributed by atoms with Crippen LogP contribution in [0, 0.1) is 6.92 Å². The van der Waals surface area contributed by atoms with Crippen LogP contribution in [0.2, 0.25) is 0 Å². The molecule has 2 nitrogen and oxygen atoms in total. The summed E-state index contributed by atoms with van der Waals surface area (Å²) in [6.07, 6.45) is 8.07. The van der Waals surface area contributed by atoms with Crippen molar-refractivity contribution in [3.63, 3.8) is 0 Å². The summed E-state index contributed by atoms with van der Waals surface area (Å²) in [6.45, 7) is 6.85. The zero-order valence-electron chi connectivity index (χ0n) is 13.3. The molecule has 116 valence electrons. The zero-order valence-corrected chi connectivity index (χ0v) is 14.9. The highest BCUT2D eigenvalue weighted by Crippen LogP contribution is 2.36. The van der Waals surface area contributed by atoms with E-state index in [4.69, 9.17) is 0 Å². The molecule has 1 atom stereocenters. The number of hydrogen-bond donors (Lipinski definition) is 1. The summed E-state index contributed by atoms with van der Waals surface area (Å²) in [5.41, 5.74) is 3.16. The Morgan fingerprint density at radius 3 is 2.76 bits per heavy atom. The van der Waals surface area contributed by atoms with E-state index in [2.05, 4.69) is 58.2 Å². The van der Waals surface area contributed by atoms with Gasteiger partial charge in [-0.1, -0.05) is 48.2 Å². The third-order valence-corrected chi connectivity index (χ3v) is 6.32. The summed E-state index contributed by atoms with van der Waals surface area (Å²) in [5, 5.41) is 3.92. The third-order valence-electron chi connectivity index (χ3n) is 5.46. The molecule has 2 fully saturated rings. The normalized spacial score (nSPS) is 25.3. The third kappa shape index (κ3) is 3.00. The second-order valence-electron chi connectivity index (χ2n) is 6.80. The molecule has 0 amide bonds. The van der Waals surface area contributed by atoms with Crippen LogP contribution in [-0.2, 0) is 0 Å². The van der Waals surface area contributed by atoms with Crippen molar-refractivity contribution in [2.45, 2.75) is 64.0 Å². The lowest BCUT2D eigenvalue weighted by Crippen LogP contribution is -2.65. The first-order valence-corrected chi connectivity index (χ1v) is 9.21. The van der Waals surface area contributed by atoms with E-state index in [9.17, 15) is 0 Å². The van der Waals surface area contributed by atoms with Gasteiger partial charge in [-0.3, -0.25) is 0 Å². The molecule has 0 aromatic heterocycles. The Morgan fingerprint density at radius 1 is 1.29 bits per heavy atom. The Hall–Kier alpha value is -0.540. The molecule has 21 heavy (non-hydrogen) atoms. The van der Waals surface area contributed by atoms with Crippen molar-refractivity contribution in [1.29, 1.82) is 0 Å². The second kappa shape index (κ2) is 6.29. The maximum absolute atomic E-state index is 3.92. The van der Waals surface area contributed by atoms with E-state index in [1.165, 1.54) is 60.8 Å². The molecule has 1 aliphatic heterocycles. The minimum atomic E-state index is 0.360. The summed E-state index contributed by atoms with van der Waals surface area (Å²) in [7, 11) is 0. The molecule has 1 aromatic rings. The Balaban J connectivity index is 1.90. The summed E-state index contributed by atoms with van der Waals surface area (Å²) in [6, 6.07) is 7.24. The number of anilines is 1. The van der Waals surface area contributed by atoms with E-state index in [0.717, 1.165) is 6.54 Å². The molecule has 0 bridgehead atoms. The molecule has 3 heteroatoms. The monoisotopic (exact) mass is 350 g/mol. The first-order valence-electron chi connectivity index (χ1n) is 8.42. The minimum absolute atomic E-state index is 0.360. The second-order valence-corrected chi connectivity index (χ2v) is 7.65. The summed E-state index contributed by atoms with van der Waals surface area (Å²) < 4.78 is 1.23. The summed E-state index contributed by atoms with van der Waals surface area (Å²) in [4.78, 5) is 2.68. The van der Waals surface area contributed by atoms with Crippen LogP contribution in [0.5, 0.6) is 0 Å². The van der Waals surface area contributed by atoms with Crippen LogP contribution in [0.4, 0.5) is 5.69 Å². The van der Waals surface area contributed by atoms with Crippen molar-refractivity contribution in [1.82, 2.24) is 5.32 Å². The van der Waals surface area contributed by atoms with Gasteiger partial charge in [0.25, 0.3) is 0 Å². The van der Waals surface area contributed by atoms with Crippen molar-refractivity contribution in [2.24, 2.45) is 0 Å². The molecule has 1 aliphatic carbocycles. The van der Waals surface area contributed by atoms with Crippen LogP contribution in [-0.4, -0.2) is 24.7 Å². The van der Waals surface area contributed by atoms with E-state index in [0.29, 0.717) is 11.6 Å². The van der Waals surface area contributed by atoms with Gasteiger partial charge in [-0.2, -0.15) is 0 Å². The van der Waals surface area contributed by atoms with Crippen molar-refractivity contribution >= 4 is 21.6 Å². The van der Waals surface area contributed by atoms with Crippen molar-refractivity contribution in [3.8, 4) is 0 Å². The van der Waals surface area contributed by atoms with E-state index < -0.39 is 0 Å². The van der Waals surface area contributed by atoms with Crippen molar-refractivity contribution < 1.29 is 0 Å². The van der Waals surface area contributed by atoms with Gasteiger partial charge in [0.2, 0.25) is 0 Å². The fourth-order valence-corrected chi connectivity index (χ4v) is 4.43. The molecule has 1 aromatic carbocycles. The Bertz CT molecular complexity index is 494. The van der Waals surface area contributed by atoms with E-state index in [-0.39, 0.29) is 0 Å². The first-order chi connectivity index (χ1) is 10.2. The van der Waals surface area contributed by atoms with Gasteiger partial charge in [-0.15, -0.1) is 0 Å². The Morgan fingerprint density at radius 2 is 2.05 bits per heavy atom. The number of halogens is 1. The van der Waals surface area contributed by atoms with Gasteiger partial charge >= 0.3 is 0 Å². The molecule has 1 unspecified atom stereocenters. The lowest BCUT2D eigenvalue weighted by atomic mass is 9.79. The van der Waals surface area contributed by atoms with Gasteiger partial charge in [0.05, 0.1) is 0 Å². The zero-order chi connectivity index (χ0) is 14.9. The molecule has 1 heterocycles. The maximum Gasteiger partial charge on any atom is 0.0413 e. The largest absolute Gasteiger partial charge is 0.365 e. The van der Waals surface area contributed by atoms with E-state index >= 15 is 0 Å². The molecular formula is C18H27BrN2. The quantitative estimate of drug-likeness (QED) is 0.834. The minimum Gasteiger partial charge on any atom is -0.365 e. The average Bonchev–Trinajstić information content (AvgIpc) is 2.51. The molecule has 2 aliphatic rings. The van der Waals surface area contributed by atoms with Crippen LogP contribution in [0.25, 0.3) is 0 Å². The molecule has 0 radical (unpaired) electrons. The highest BCUT2D eigenvalue weighted by molar-refractivity contribution is 9.10. The van der Waals surface area contributed by atoms with Gasteiger partial charge in [-0.25, -0.2) is 0 Å². The maximum atomic E-state index is 3.92. The van der Waals surface area contributed by atoms with Crippen molar-refractivity contribution in [2.75, 3.05) is 18.0 Å². The average molecular weight is 351 g/mol. The lowest BCUT2D eigenvalue weighted by Gasteiger charge is -2.51. The van der Waals surface area contributed by atoms with Crippen molar-refractivity contribution in [3.05, 3.63) is 28.2 Å². The highest BCUT2D eigenvalue weighted by Gasteiger charge is 2.39. The predicted octanol–water partition coefficient (Wildman–Crippen LogP) is 4.65. The summed E-state index contributed by atoms with van der Waals surface area (Å²) >= 11 is 3.70. The SMILES string of the molecule is CCC1CNC2(CCCCC2)CN1c1cccc(Br)c1C. The standard InChI is InChI=1S/C18H27BrN2/c1-3-15-12-20-18(10-5-4-6-11-18)13-21(15)17-9-7-8-16(19)14(17)2/h7-9,15,20H,3-6,10-13H2,1-2H3. The van der Waals surface area contributed by atoms with Crippen LogP contribution in [0.1, 0.15) is 51.0 Å². The number of nitrogens with one attached hydrogen (secondary N) is 1. The van der Waals surface area contributed by atoms with Gasteiger partial charge in [0.1, 0.15) is 0 Å². The number of rotatable bonds is 2. The van der Waals surface area contributed by atoms with Crippen LogP contribution >= 0.6 is 15.9 Å². The fraction of sp³-hybridized carbons (Fsp3) is 0.667. The lowest BCUT2D eigenvalue weighted by molar-refractivity contribution is 0.195. The highest BCUT2D eigenvalue weighted by atomic mass is 79.9. The summed E-state index contributed by atoms with van der Waals surface area (Å²) in [5.74, 6) is 0. The number of nitrogens with zero attached hydrogens (tertiary/aromatic N) is 1. The molecular weight excluding hydrogens is 324 g/mol.